The monoisotopic (exact) mass is 525 g/mol. The number of aromatic nitrogens is 1. The molecule has 2 aromatic carbocycles. The fourth-order valence-corrected chi connectivity index (χ4v) is 5.95. The molecule has 4 rings (SSSR count). The predicted octanol–water partition coefficient (Wildman–Crippen LogP) is 6.79. The van der Waals surface area contributed by atoms with E-state index in [0.29, 0.717) is 18.2 Å². The molecule has 0 unspecified atom stereocenters. The number of carboxylic acid groups (broad SMARTS) is 1. The molecule has 0 atom stereocenters. The summed E-state index contributed by atoms with van der Waals surface area (Å²) in [7, 11) is 0. The normalized spacial score (nSPS) is 14.6. The number of carboxylic acids is 1. The Morgan fingerprint density at radius 2 is 1.72 bits per heavy atom. The maximum absolute atomic E-state index is 12.3. The minimum Gasteiger partial charge on any atom is -0.481 e. The van der Waals surface area contributed by atoms with Crippen LogP contribution in [0.25, 0.3) is 10.4 Å². The maximum atomic E-state index is 12.3. The zero-order valence-electron chi connectivity index (χ0n) is 20.3. The molecule has 0 spiro atoms. The number of thiazole rings is 1. The Morgan fingerprint density at radius 3 is 2.42 bits per heavy atom. The Hall–Kier alpha value is -2.90. The molecule has 1 aliphatic carbocycles. The summed E-state index contributed by atoms with van der Waals surface area (Å²) in [5.41, 5.74) is 2.63. The van der Waals surface area contributed by atoms with Crippen LogP contribution < -0.4 is 10.2 Å². The Labute approximate surface area is 221 Å². The van der Waals surface area contributed by atoms with Crippen molar-refractivity contribution in [3.05, 3.63) is 70.9 Å². The maximum Gasteiger partial charge on any atom is 0.305 e. The van der Waals surface area contributed by atoms with Crippen molar-refractivity contribution in [2.45, 2.75) is 64.0 Å². The number of rotatable bonds is 9. The van der Waals surface area contributed by atoms with E-state index in [-0.39, 0.29) is 18.9 Å². The first-order chi connectivity index (χ1) is 17.5. The van der Waals surface area contributed by atoms with E-state index in [0.717, 1.165) is 39.0 Å². The smallest absolute Gasteiger partial charge is 0.305 e. The molecule has 6 nitrogen and oxygen atoms in total. The Balaban J connectivity index is 1.53. The minimum absolute atomic E-state index is 0.0931. The van der Waals surface area contributed by atoms with Gasteiger partial charge in [0.2, 0.25) is 0 Å². The number of aliphatic carboxylic acids is 1. The molecule has 8 heteroatoms. The molecule has 1 saturated carbocycles. The first-order valence-electron chi connectivity index (χ1n) is 12.6. The van der Waals surface area contributed by atoms with Gasteiger partial charge in [0.05, 0.1) is 11.3 Å². The van der Waals surface area contributed by atoms with Crippen molar-refractivity contribution in [3.8, 4) is 10.4 Å². The van der Waals surface area contributed by atoms with Gasteiger partial charge in [-0.25, -0.2) is 4.98 Å². The van der Waals surface area contributed by atoms with E-state index in [4.69, 9.17) is 21.7 Å². The molecule has 2 N–H and O–H groups in total. The van der Waals surface area contributed by atoms with Crippen molar-refractivity contribution in [1.29, 1.82) is 0 Å². The van der Waals surface area contributed by atoms with Crippen LogP contribution >= 0.6 is 22.9 Å². The van der Waals surface area contributed by atoms with Gasteiger partial charge in [-0.05, 0) is 36.6 Å². The fourth-order valence-electron chi connectivity index (χ4n) is 4.63. The molecule has 36 heavy (non-hydrogen) atoms. The van der Waals surface area contributed by atoms with Crippen molar-refractivity contribution < 1.29 is 14.7 Å². The second kappa shape index (κ2) is 12.9. The molecular formula is C28H32ClN3O3S. The molecule has 1 heterocycles. The van der Waals surface area contributed by atoms with Crippen LogP contribution in [0.5, 0.6) is 0 Å². The van der Waals surface area contributed by atoms with E-state index in [2.05, 4.69) is 10.2 Å². The van der Waals surface area contributed by atoms with Crippen LogP contribution in [0.15, 0.2) is 54.7 Å². The highest BCUT2D eigenvalue weighted by Crippen LogP contribution is 2.37. The summed E-state index contributed by atoms with van der Waals surface area (Å²) in [4.78, 5) is 31.3. The number of hydrogen-bond donors (Lipinski definition) is 2. The van der Waals surface area contributed by atoms with Gasteiger partial charge in [-0.1, -0.05) is 85.4 Å². The lowest BCUT2D eigenvalue weighted by molar-refractivity contribution is -0.136. The van der Waals surface area contributed by atoms with Gasteiger partial charge in [-0.15, -0.1) is 0 Å². The van der Waals surface area contributed by atoms with Crippen molar-refractivity contribution in [2.24, 2.45) is 0 Å². The number of amides is 1. The standard InChI is InChI=1S/C28H32ClN3O3S/c29-24-11-7-6-10-23(24)25-18-31-28(36-25)32(22-8-4-2-1-3-5-9-22)19-20-12-14-21(15-13-20)27(35)30-17-16-26(33)34/h6-7,10-15,18,22H,1-5,8-9,16-17,19H2,(H,30,35)(H,33,34). The number of benzene rings is 2. The van der Waals surface area contributed by atoms with Gasteiger partial charge >= 0.3 is 5.97 Å². The van der Waals surface area contributed by atoms with Crippen molar-refractivity contribution in [2.75, 3.05) is 11.4 Å². The average molecular weight is 526 g/mol. The summed E-state index contributed by atoms with van der Waals surface area (Å²) in [6.45, 7) is 0.824. The van der Waals surface area contributed by atoms with E-state index in [1.807, 2.05) is 42.6 Å². The lowest BCUT2D eigenvalue weighted by Crippen LogP contribution is -2.35. The lowest BCUT2D eigenvalue weighted by atomic mass is 9.95. The van der Waals surface area contributed by atoms with Gasteiger partial charge in [0.25, 0.3) is 5.91 Å². The van der Waals surface area contributed by atoms with Crippen LogP contribution in [0.1, 0.15) is 67.3 Å². The number of hydrogen-bond acceptors (Lipinski definition) is 5. The van der Waals surface area contributed by atoms with Gasteiger partial charge < -0.3 is 15.3 Å². The molecule has 190 valence electrons. The third-order valence-corrected chi connectivity index (χ3v) is 7.98. The number of nitrogens with one attached hydrogen (secondary N) is 1. The largest absolute Gasteiger partial charge is 0.481 e. The third-order valence-electron chi connectivity index (χ3n) is 6.59. The summed E-state index contributed by atoms with van der Waals surface area (Å²) in [5.74, 6) is -1.19. The zero-order chi connectivity index (χ0) is 25.3. The number of anilines is 1. The summed E-state index contributed by atoms with van der Waals surface area (Å²) < 4.78 is 0. The molecule has 3 aromatic rings. The Morgan fingerprint density at radius 1 is 1.03 bits per heavy atom. The van der Waals surface area contributed by atoms with Crippen LogP contribution in [0, 0.1) is 0 Å². The number of nitrogens with zero attached hydrogens (tertiary/aromatic N) is 2. The summed E-state index contributed by atoms with van der Waals surface area (Å²) in [6.07, 6.45) is 10.4. The summed E-state index contributed by atoms with van der Waals surface area (Å²) in [6, 6.07) is 15.8. The molecule has 0 aliphatic heterocycles. The van der Waals surface area contributed by atoms with Crippen molar-refractivity contribution >= 4 is 39.9 Å². The topological polar surface area (TPSA) is 82.5 Å². The Bertz CT molecular complexity index is 1160. The molecule has 1 fully saturated rings. The molecule has 1 amide bonds. The van der Waals surface area contributed by atoms with Gasteiger partial charge in [0.1, 0.15) is 0 Å². The van der Waals surface area contributed by atoms with Gasteiger partial charge in [-0.3, -0.25) is 9.59 Å². The Kier molecular flexibility index (Phi) is 9.36. The van der Waals surface area contributed by atoms with E-state index >= 15 is 0 Å². The summed E-state index contributed by atoms with van der Waals surface area (Å²) in [5, 5.41) is 13.1. The van der Waals surface area contributed by atoms with Crippen LogP contribution in [-0.4, -0.2) is 34.6 Å². The van der Waals surface area contributed by atoms with Crippen LogP contribution in [-0.2, 0) is 11.3 Å². The average Bonchev–Trinajstić information content (AvgIpc) is 3.33. The second-order valence-corrected chi connectivity index (χ2v) is 10.6. The van der Waals surface area contributed by atoms with Crippen LogP contribution in [0.3, 0.4) is 0 Å². The van der Waals surface area contributed by atoms with E-state index in [1.54, 1.807) is 23.5 Å². The molecule has 1 aromatic heterocycles. The molecule has 0 saturated heterocycles. The molecular weight excluding hydrogens is 494 g/mol. The van der Waals surface area contributed by atoms with E-state index in [9.17, 15) is 9.59 Å². The second-order valence-electron chi connectivity index (χ2n) is 9.21. The number of carbonyl (C=O) groups is 2. The zero-order valence-corrected chi connectivity index (χ0v) is 21.9. The highest BCUT2D eigenvalue weighted by molar-refractivity contribution is 7.19. The van der Waals surface area contributed by atoms with Crippen molar-refractivity contribution in [3.63, 3.8) is 0 Å². The molecule has 1 aliphatic rings. The quantitative estimate of drug-likeness (QED) is 0.321. The van der Waals surface area contributed by atoms with Gasteiger partial charge in [0.15, 0.2) is 5.13 Å². The third kappa shape index (κ3) is 7.08. The van der Waals surface area contributed by atoms with Gasteiger partial charge in [0, 0.05) is 41.5 Å². The SMILES string of the molecule is O=C(O)CCNC(=O)c1ccc(CN(c2ncc(-c3ccccc3Cl)s2)C2CCCCCCC2)cc1. The highest BCUT2D eigenvalue weighted by Gasteiger charge is 2.23. The molecule has 0 radical (unpaired) electrons. The fraction of sp³-hybridized carbons (Fsp3) is 0.393. The van der Waals surface area contributed by atoms with Crippen LogP contribution in [0.4, 0.5) is 5.13 Å². The first kappa shape index (κ1) is 26.2. The van der Waals surface area contributed by atoms with Gasteiger partial charge in [-0.2, -0.15) is 0 Å². The van der Waals surface area contributed by atoms with Crippen molar-refractivity contribution in [1.82, 2.24) is 10.3 Å². The predicted molar refractivity (Wildman–Crippen MR) is 146 cm³/mol. The molecule has 0 bridgehead atoms. The summed E-state index contributed by atoms with van der Waals surface area (Å²) >= 11 is 8.13. The van der Waals surface area contributed by atoms with Crippen LogP contribution in [0.2, 0.25) is 5.02 Å². The van der Waals surface area contributed by atoms with E-state index in [1.165, 1.54) is 32.1 Å². The lowest BCUT2D eigenvalue weighted by Gasteiger charge is -2.33. The highest BCUT2D eigenvalue weighted by atomic mass is 35.5. The first-order valence-corrected chi connectivity index (χ1v) is 13.8. The number of carbonyl (C=O) groups excluding carboxylic acids is 1. The van der Waals surface area contributed by atoms with E-state index < -0.39 is 5.97 Å². The number of halogens is 1. The minimum atomic E-state index is -0.931.